The minimum absolute atomic E-state index is 0.132. The van der Waals surface area contributed by atoms with Crippen LogP contribution in [0.25, 0.3) is 0 Å². The van der Waals surface area contributed by atoms with Crippen LogP contribution in [0.2, 0.25) is 10.3 Å². The first-order chi connectivity index (χ1) is 18.6. The predicted molar refractivity (Wildman–Crippen MR) is 137 cm³/mol. The SMILES string of the molecule is O=C(c1ccc(Cl)nc1)N1CCN(CCCN2CCN(C(=O)c3ccc(Cl)nc3)/C2=N/[N+](=O)[O-])/C1=N\[N+](=O)[O-]. The monoisotopic (exact) mass is 578 g/mol. The van der Waals surface area contributed by atoms with Crippen LogP contribution < -0.4 is 0 Å². The smallest absolute Gasteiger partial charge is 0.281 e. The number of nitrogens with zero attached hydrogens (tertiary/aromatic N) is 10. The van der Waals surface area contributed by atoms with Gasteiger partial charge in [-0.25, -0.2) is 30.2 Å². The van der Waals surface area contributed by atoms with E-state index in [1.54, 1.807) is 9.80 Å². The third-order valence-corrected chi connectivity index (χ3v) is 6.32. The third-order valence-electron chi connectivity index (χ3n) is 5.87. The van der Waals surface area contributed by atoms with Gasteiger partial charge in [0, 0.05) is 51.7 Å². The van der Waals surface area contributed by atoms with Crippen LogP contribution in [0.3, 0.4) is 0 Å². The van der Waals surface area contributed by atoms with Crippen molar-refractivity contribution < 1.29 is 19.7 Å². The molecule has 2 amide bonds. The van der Waals surface area contributed by atoms with Crippen molar-refractivity contribution in [1.82, 2.24) is 29.6 Å². The zero-order valence-corrected chi connectivity index (χ0v) is 21.6. The van der Waals surface area contributed by atoms with E-state index in [-0.39, 0.29) is 72.6 Å². The van der Waals surface area contributed by atoms with E-state index in [9.17, 15) is 29.8 Å². The minimum atomic E-state index is -0.883. The Hall–Kier alpha value is -4.44. The van der Waals surface area contributed by atoms with Crippen LogP contribution in [0, 0.1) is 20.2 Å². The average molecular weight is 579 g/mol. The number of amides is 2. The third kappa shape index (κ3) is 6.53. The van der Waals surface area contributed by atoms with Crippen molar-refractivity contribution in [1.29, 1.82) is 0 Å². The summed E-state index contributed by atoms with van der Waals surface area (Å²) in [7, 11) is 0. The Morgan fingerprint density at radius 2 is 1.18 bits per heavy atom. The molecule has 39 heavy (non-hydrogen) atoms. The second kappa shape index (κ2) is 12.0. The van der Waals surface area contributed by atoms with E-state index in [0.717, 1.165) is 0 Å². The van der Waals surface area contributed by atoms with E-state index in [4.69, 9.17) is 23.2 Å². The Balaban J connectivity index is 1.43. The van der Waals surface area contributed by atoms with Gasteiger partial charge in [-0.05, 0) is 30.7 Å². The van der Waals surface area contributed by atoms with Crippen LogP contribution in [0.1, 0.15) is 27.1 Å². The fourth-order valence-corrected chi connectivity index (χ4v) is 4.36. The molecule has 0 atom stereocenters. The van der Waals surface area contributed by atoms with Gasteiger partial charge in [-0.2, -0.15) is 0 Å². The van der Waals surface area contributed by atoms with Gasteiger partial charge in [0.1, 0.15) is 20.5 Å². The van der Waals surface area contributed by atoms with Gasteiger partial charge in [0.2, 0.25) is 0 Å². The summed E-state index contributed by atoms with van der Waals surface area (Å²) >= 11 is 11.5. The van der Waals surface area contributed by atoms with Gasteiger partial charge >= 0.3 is 0 Å². The molecule has 0 radical (unpaired) electrons. The number of hydrogen-bond acceptors (Lipinski definition) is 8. The van der Waals surface area contributed by atoms with Gasteiger partial charge < -0.3 is 9.80 Å². The van der Waals surface area contributed by atoms with Gasteiger partial charge in [0.15, 0.2) is 10.1 Å². The quantitative estimate of drug-likeness (QED) is 0.252. The molecule has 16 nitrogen and oxygen atoms in total. The molecule has 0 unspecified atom stereocenters. The molecule has 2 aromatic rings. The molecule has 2 aromatic heterocycles. The fourth-order valence-electron chi connectivity index (χ4n) is 4.14. The second-order valence-electron chi connectivity index (χ2n) is 8.26. The Bertz CT molecular complexity index is 1240. The van der Waals surface area contributed by atoms with E-state index in [1.165, 1.54) is 46.5 Å². The van der Waals surface area contributed by atoms with Crippen LogP contribution in [0.15, 0.2) is 46.9 Å². The molecule has 2 aliphatic heterocycles. The summed E-state index contributed by atoms with van der Waals surface area (Å²) in [4.78, 5) is 61.5. The molecule has 4 heterocycles. The topological polar surface area (TPSA) is 184 Å². The maximum atomic E-state index is 12.9. The normalized spacial score (nSPS) is 17.4. The second-order valence-corrected chi connectivity index (χ2v) is 9.03. The largest absolute Gasteiger partial charge is 0.335 e. The minimum Gasteiger partial charge on any atom is -0.335 e. The van der Waals surface area contributed by atoms with Crippen LogP contribution in [-0.2, 0) is 0 Å². The zero-order chi connectivity index (χ0) is 28.1. The molecule has 204 valence electrons. The summed E-state index contributed by atoms with van der Waals surface area (Å²) in [6.07, 6.45) is 2.91. The number of guanidine groups is 2. The van der Waals surface area contributed by atoms with Gasteiger partial charge in [0.05, 0.1) is 11.1 Å². The lowest BCUT2D eigenvalue weighted by Crippen LogP contribution is -2.41. The molecule has 0 spiro atoms. The number of nitro groups is 2. The van der Waals surface area contributed by atoms with Crippen molar-refractivity contribution in [2.45, 2.75) is 6.42 Å². The van der Waals surface area contributed by atoms with E-state index >= 15 is 0 Å². The van der Waals surface area contributed by atoms with Gasteiger partial charge in [0.25, 0.3) is 23.7 Å². The molecule has 0 aromatic carbocycles. The Morgan fingerprint density at radius 1 is 0.769 bits per heavy atom. The maximum absolute atomic E-state index is 12.9. The lowest BCUT2D eigenvalue weighted by Gasteiger charge is -2.22. The molecular weight excluding hydrogens is 559 g/mol. The first-order valence-corrected chi connectivity index (χ1v) is 12.2. The molecule has 0 N–H and O–H groups in total. The molecule has 4 rings (SSSR count). The number of hydrogen-bond donors (Lipinski definition) is 0. The number of carbonyl (C=O) groups is 2. The molecule has 0 saturated carbocycles. The van der Waals surface area contributed by atoms with Crippen molar-refractivity contribution in [3.8, 4) is 0 Å². The highest BCUT2D eigenvalue weighted by molar-refractivity contribution is 6.29. The van der Waals surface area contributed by atoms with Crippen LogP contribution >= 0.6 is 23.2 Å². The molecular formula is C21H20Cl2N10O6. The highest BCUT2D eigenvalue weighted by Crippen LogP contribution is 2.18. The molecule has 2 saturated heterocycles. The van der Waals surface area contributed by atoms with E-state index in [0.29, 0.717) is 6.42 Å². The lowest BCUT2D eigenvalue weighted by molar-refractivity contribution is -0.486. The molecule has 2 aliphatic rings. The summed E-state index contributed by atoms with van der Waals surface area (Å²) < 4.78 is 0. The number of aromatic nitrogens is 2. The average Bonchev–Trinajstić information content (AvgIpc) is 3.47. The number of carbonyl (C=O) groups excluding carboxylic acids is 2. The van der Waals surface area contributed by atoms with Crippen molar-refractivity contribution in [2.24, 2.45) is 10.2 Å². The molecule has 18 heteroatoms. The Morgan fingerprint density at radius 3 is 1.51 bits per heavy atom. The first-order valence-electron chi connectivity index (χ1n) is 11.5. The van der Waals surface area contributed by atoms with E-state index in [1.807, 2.05) is 0 Å². The summed E-state index contributed by atoms with van der Waals surface area (Å²) in [5.41, 5.74) is 0.381. The van der Waals surface area contributed by atoms with Crippen LogP contribution in [0.5, 0.6) is 0 Å². The maximum Gasteiger partial charge on any atom is 0.281 e. The number of rotatable bonds is 8. The van der Waals surface area contributed by atoms with Crippen molar-refractivity contribution in [3.63, 3.8) is 0 Å². The van der Waals surface area contributed by atoms with Crippen molar-refractivity contribution in [3.05, 3.63) is 78.3 Å². The number of halogens is 2. The number of pyridine rings is 2. The molecule has 2 fully saturated rings. The first kappa shape index (κ1) is 27.6. The predicted octanol–water partition coefficient (Wildman–Crippen LogP) is 1.48. The highest BCUT2D eigenvalue weighted by Gasteiger charge is 2.37. The van der Waals surface area contributed by atoms with E-state index in [2.05, 4.69) is 20.2 Å². The highest BCUT2D eigenvalue weighted by atomic mass is 35.5. The summed E-state index contributed by atoms with van der Waals surface area (Å²) in [5, 5.41) is 27.8. The van der Waals surface area contributed by atoms with Gasteiger partial charge in [-0.15, -0.1) is 0 Å². The Kier molecular flexibility index (Phi) is 8.46. The molecule has 0 aliphatic carbocycles. The summed E-state index contributed by atoms with van der Waals surface area (Å²) in [6, 6.07) is 5.79. The standard InChI is InChI=1S/C21H20Cl2N10O6/c22-16-4-2-14(12-24-16)18(34)30-10-8-28(20(30)26-32(36)37)6-1-7-29-9-11-31(21(29)27-33(38)39)19(35)15-3-5-17(23)25-13-15/h2-5,12-13H,1,6-11H2/b26-20+,27-21+. The lowest BCUT2D eigenvalue weighted by atomic mass is 10.2. The van der Waals surface area contributed by atoms with Crippen molar-refractivity contribution in [2.75, 3.05) is 39.3 Å². The van der Waals surface area contributed by atoms with Gasteiger partial charge in [-0.3, -0.25) is 19.4 Å². The van der Waals surface area contributed by atoms with Crippen molar-refractivity contribution >= 4 is 46.9 Å². The van der Waals surface area contributed by atoms with Crippen LogP contribution in [0.4, 0.5) is 0 Å². The summed E-state index contributed by atoms with van der Waals surface area (Å²) in [5.74, 6) is -1.30. The molecule has 0 bridgehead atoms. The van der Waals surface area contributed by atoms with Gasteiger partial charge in [-0.1, -0.05) is 23.2 Å². The Labute approximate surface area is 230 Å². The fraction of sp³-hybridized carbons (Fsp3) is 0.333. The summed E-state index contributed by atoms with van der Waals surface area (Å²) in [6.45, 7) is 1.36. The zero-order valence-electron chi connectivity index (χ0n) is 20.1. The van der Waals surface area contributed by atoms with E-state index < -0.39 is 21.9 Å². The number of hydrazone groups is 2. The van der Waals surface area contributed by atoms with Crippen LogP contribution in [-0.4, -0.2) is 103 Å².